The minimum atomic E-state index is -0.235. The Morgan fingerprint density at radius 2 is 1.65 bits per heavy atom. The maximum atomic E-state index is 12.7. The van der Waals surface area contributed by atoms with Crippen LogP contribution in [-0.4, -0.2) is 11.6 Å². The van der Waals surface area contributed by atoms with Crippen LogP contribution >= 0.6 is 34.8 Å². The third-order valence-corrected chi connectivity index (χ3v) is 4.17. The lowest BCUT2D eigenvalue weighted by Gasteiger charge is -2.13. The first-order valence-electron chi connectivity index (χ1n) is 6.78. The number of hydrogen-bond donors (Lipinski definition) is 0. The second-order valence-electron chi connectivity index (χ2n) is 5.01. The zero-order valence-corrected chi connectivity index (χ0v) is 14.3. The summed E-state index contributed by atoms with van der Waals surface area (Å²) in [7, 11) is 0. The van der Waals surface area contributed by atoms with Gasteiger partial charge in [0.1, 0.15) is 0 Å². The van der Waals surface area contributed by atoms with Crippen LogP contribution in [0.3, 0.4) is 0 Å². The summed E-state index contributed by atoms with van der Waals surface area (Å²) in [5.41, 5.74) is 2.51. The van der Waals surface area contributed by atoms with Crippen LogP contribution in [0.4, 0.5) is 5.69 Å². The molecular formula is C17H11Cl3N2O. The topological polar surface area (TPSA) is 32.7 Å². The van der Waals surface area contributed by atoms with Crippen LogP contribution in [-0.2, 0) is 4.79 Å². The largest absolute Gasteiger partial charge is 0.280 e. The van der Waals surface area contributed by atoms with E-state index in [1.807, 2.05) is 12.1 Å². The highest BCUT2D eigenvalue weighted by atomic mass is 35.5. The number of nitrogens with zero attached hydrogens (tertiary/aromatic N) is 2. The lowest BCUT2D eigenvalue weighted by molar-refractivity contribution is -0.114. The van der Waals surface area contributed by atoms with E-state index in [4.69, 9.17) is 34.8 Å². The fourth-order valence-corrected chi connectivity index (χ4v) is 2.84. The van der Waals surface area contributed by atoms with E-state index in [1.54, 1.807) is 43.3 Å². The summed E-state index contributed by atoms with van der Waals surface area (Å²) in [6.45, 7) is 1.78. The summed E-state index contributed by atoms with van der Waals surface area (Å²) in [6, 6.07) is 12.1. The maximum Gasteiger partial charge on any atom is 0.280 e. The minimum Gasteiger partial charge on any atom is -0.267 e. The molecular weight excluding hydrogens is 355 g/mol. The lowest BCUT2D eigenvalue weighted by atomic mass is 10.1. The highest BCUT2D eigenvalue weighted by Crippen LogP contribution is 2.33. The molecule has 0 aromatic heterocycles. The Labute approximate surface area is 148 Å². The fourth-order valence-electron chi connectivity index (χ4n) is 2.23. The summed E-state index contributed by atoms with van der Waals surface area (Å²) in [5.74, 6) is -0.235. The number of carbonyl (C=O) groups is 1. The van der Waals surface area contributed by atoms with Crippen molar-refractivity contribution in [3.8, 4) is 0 Å². The summed E-state index contributed by atoms with van der Waals surface area (Å²) in [6.07, 6.45) is 1.78. The van der Waals surface area contributed by atoms with E-state index < -0.39 is 0 Å². The molecule has 0 bridgehead atoms. The Hall–Kier alpha value is -1.81. The number of hydrogen-bond acceptors (Lipinski definition) is 2. The Morgan fingerprint density at radius 3 is 2.30 bits per heavy atom. The van der Waals surface area contributed by atoms with E-state index in [2.05, 4.69) is 5.10 Å². The van der Waals surface area contributed by atoms with E-state index in [0.29, 0.717) is 32.0 Å². The smallest absolute Gasteiger partial charge is 0.267 e. The molecule has 0 saturated carbocycles. The minimum absolute atomic E-state index is 0.235. The number of hydrazone groups is 1. The van der Waals surface area contributed by atoms with E-state index in [9.17, 15) is 4.79 Å². The molecule has 1 amide bonds. The quantitative estimate of drug-likeness (QED) is 0.651. The second-order valence-corrected chi connectivity index (χ2v) is 6.29. The van der Waals surface area contributed by atoms with Crippen LogP contribution in [0.2, 0.25) is 15.1 Å². The molecule has 0 atom stereocenters. The van der Waals surface area contributed by atoms with Gasteiger partial charge >= 0.3 is 0 Å². The van der Waals surface area contributed by atoms with Gasteiger partial charge in [0.2, 0.25) is 0 Å². The molecule has 2 aromatic rings. The number of rotatable bonds is 2. The zero-order chi connectivity index (χ0) is 16.6. The molecule has 23 heavy (non-hydrogen) atoms. The van der Waals surface area contributed by atoms with Crippen molar-refractivity contribution in [2.24, 2.45) is 5.10 Å². The van der Waals surface area contributed by atoms with E-state index in [0.717, 1.165) is 5.56 Å². The van der Waals surface area contributed by atoms with E-state index >= 15 is 0 Å². The maximum absolute atomic E-state index is 12.7. The molecule has 0 saturated heterocycles. The third kappa shape index (κ3) is 3.27. The van der Waals surface area contributed by atoms with E-state index in [1.165, 1.54) is 5.01 Å². The highest BCUT2D eigenvalue weighted by Gasteiger charge is 2.29. The Morgan fingerprint density at radius 1 is 1.00 bits per heavy atom. The number of carbonyl (C=O) groups excluding carboxylic acids is 1. The molecule has 0 N–H and O–H groups in total. The van der Waals surface area contributed by atoms with Crippen LogP contribution < -0.4 is 5.01 Å². The van der Waals surface area contributed by atoms with Crippen molar-refractivity contribution in [2.45, 2.75) is 6.92 Å². The number of anilines is 1. The lowest BCUT2D eigenvalue weighted by Crippen LogP contribution is -2.21. The zero-order valence-electron chi connectivity index (χ0n) is 12.1. The van der Waals surface area contributed by atoms with Crippen LogP contribution in [0.25, 0.3) is 6.08 Å². The average Bonchev–Trinajstić information content (AvgIpc) is 2.77. The molecule has 116 valence electrons. The molecule has 2 aromatic carbocycles. The van der Waals surface area contributed by atoms with E-state index in [-0.39, 0.29) is 5.91 Å². The molecule has 3 rings (SSSR count). The van der Waals surface area contributed by atoms with Gasteiger partial charge in [0.25, 0.3) is 5.91 Å². The SMILES string of the molecule is CC1=NN(c2ccc(Cl)cc2Cl)C(=O)/C1=C\c1ccc(Cl)cc1. The summed E-state index contributed by atoms with van der Waals surface area (Å²) < 4.78 is 0. The molecule has 0 spiro atoms. The Kier molecular flexibility index (Phi) is 4.44. The standard InChI is InChI=1S/C17H11Cl3N2O/c1-10-14(8-11-2-4-12(18)5-3-11)17(23)22(21-10)16-7-6-13(19)9-15(16)20/h2-9H,1H3/b14-8-. The molecule has 0 aliphatic carbocycles. The van der Waals surface area contributed by atoms with Crippen LogP contribution in [0.15, 0.2) is 53.1 Å². The van der Waals surface area contributed by atoms with Crippen molar-refractivity contribution in [1.29, 1.82) is 0 Å². The third-order valence-electron chi connectivity index (χ3n) is 3.38. The van der Waals surface area contributed by atoms with Gasteiger partial charge in [-0.2, -0.15) is 10.1 Å². The van der Waals surface area contributed by atoms with Crippen molar-refractivity contribution in [2.75, 3.05) is 5.01 Å². The number of halogens is 3. The van der Waals surface area contributed by atoms with Crippen LogP contribution in [0.1, 0.15) is 12.5 Å². The van der Waals surface area contributed by atoms with Crippen molar-refractivity contribution < 1.29 is 4.79 Å². The number of benzene rings is 2. The second kappa shape index (κ2) is 6.36. The van der Waals surface area contributed by atoms with Crippen molar-refractivity contribution >= 4 is 58.2 Å². The molecule has 1 heterocycles. The molecule has 0 unspecified atom stereocenters. The molecule has 1 aliphatic rings. The first kappa shape index (κ1) is 16.1. The van der Waals surface area contributed by atoms with Crippen molar-refractivity contribution in [3.63, 3.8) is 0 Å². The Balaban J connectivity index is 1.96. The van der Waals surface area contributed by atoms with Crippen LogP contribution in [0.5, 0.6) is 0 Å². The van der Waals surface area contributed by atoms with Gasteiger partial charge in [-0.25, -0.2) is 0 Å². The van der Waals surface area contributed by atoms with Crippen LogP contribution in [0, 0.1) is 0 Å². The summed E-state index contributed by atoms with van der Waals surface area (Å²) in [4.78, 5) is 12.7. The van der Waals surface area contributed by atoms with Gasteiger partial charge in [0, 0.05) is 10.0 Å². The fraction of sp³-hybridized carbons (Fsp3) is 0.0588. The van der Waals surface area contributed by atoms with Gasteiger partial charge < -0.3 is 0 Å². The monoisotopic (exact) mass is 364 g/mol. The number of amides is 1. The van der Waals surface area contributed by atoms with Gasteiger partial charge in [-0.3, -0.25) is 4.79 Å². The average molecular weight is 366 g/mol. The van der Waals surface area contributed by atoms with Gasteiger partial charge in [-0.1, -0.05) is 46.9 Å². The predicted octanol–water partition coefficient (Wildman–Crippen LogP) is 5.45. The van der Waals surface area contributed by atoms with Gasteiger partial charge in [0.15, 0.2) is 0 Å². The molecule has 3 nitrogen and oxygen atoms in total. The predicted molar refractivity (Wildman–Crippen MR) is 96.5 cm³/mol. The molecule has 6 heteroatoms. The molecule has 1 aliphatic heterocycles. The van der Waals surface area contributed by atoms with Gasteiger partial charge in [0.05, 0.1) is 22.0 Å². The normalized spacial score (nSPS) is 16.2. The Bertz CT molecular complexity index is 841. The van der Waals surface area contributed by atoms with Gasteiger partial charge in [-0.05, 0) is 48.9 Å². The first-order valence-corrected chi connectivity index (χ1v) is 7.91. The molecule has 0 fully saturated rings. The van der Waals surface area contributed by atoms with Crippen molar-refractivity contribution in [3.05, 3.63) is 68.7 Å². The summed E-state index contributed by atoms with van der Waals surface area (Å²) in [5, 5.41) is 7.11. The van der Waals surface area contributed by atoms with Crippen molar-refractivity contribution in [1.82, 2.24) is 0 Å². The highest BCUT2D eigenvalue weighted by molar-refractivity contribution is 6.38. The van der Waals surface area contributed by atoms with Gasteiger partial charge in [-0.15, -0.1) is 0 Å². The molecule has 0 radical (unpaired) electrons. The summed E-state index contributed by atoms with van der Waals surface area (Å²) >= 11 is 17.9. The first-order chi connectivity index (χ1) is 11.0.